The first-order chi connectivity index (χ1) is 3.06. The van der Waals surface area contributed by atoms with Crippen molar-refractivity contribution in [2.45, 2.75) is 13.3 Å². The highest BCUT2D eigenvalue weighted by molar-refractivity contribution is 8.32. The number of hydrogen-bond donors (Lipinski definition) is 0. The minimum Gasteiger partial charge on any atom is -0.0618 e. The van der Waals surface area contributed by atoms with Crippen molar-refractivity contribution < 1.29 is 0 Å². The zero-order valence-corrected chi connectivity index (χ0v) is 7.16. The van der Waals surface area contributed by atoms with E-state index in [2.05, 4.69) is 0 Å². The van der Waals surface area contributed by atoms with Gasteiger partial charge in [0.1, 0.15) is 39.9 Å². The molecule has 0 radical (unpaired) electrons. The van der Waals surface area contributed by atoms with E-state index in [-0.39, 0.29) is 0 Å². The van der Waals surface area contributed by atoms with Gasteiger partial charge >= 0.3 is 5.32 Å². The lowest BCUT2D eigenvalue weighted by atomic mass is 10.6. The van der Waals surface area contributed by atoms with Gasteiger partial charge in [-0.05, 0) is 6.42 Å². The molecule has 0 bridgehead atoms. The maximum atomic E-state index is 5.48. The van der Waals surface area contributed by atoms with Crippen LogP contribution >= 0.6 is 39.0 Å². The van der Waals surface area contributed by atoms with Gasteiger partial charge in [-0.3, -0.25) is 0 Å². The van der Waals surface area contributed by atoms with Crippen molar-refractivity contribution in [1.82, 2.24) is 0 Å². The van der Waals surface area contributed by atoms with Crippen LogP contribution in [0.2, 0.25) is 0 Å². The Morgan fingerprint density at radius 1 is 1.29 bits per heavy atom. The second kappa shape index (κ2) is 3.35. The SMILES string of the molecule is CCC[P+](Cl)(Cl)Cl. The van der Waals surface area contributed by atoms with E-state index in [1.54, 1.807) is 0 Å². The van der Waals surface area contributed by atoms with Crippen molar-refractivity contribution in [3.05, 3.63) is 0 Å². The molecular formula is C3H7Cl3P+. The van der Waals surface area contributed by atoms with Gasteiger partial charge in [-0.1, -0.05) is 6.92 Å². The third-order valence-electron chi connectivity index (χ3n) is 0.477. The average molecular weight is 180 g/mol. The largest absolute Gasteiger partial charge is 0.307 e. The summed E-state index contributed by atoms with van der Waals surface area (Å²) in [6.45, 7) is 2.00. The fourth-order valence-electron chi connectivity index (χ4n) is 0.254. The fourth-order valence-corrected chi connectivity index (χ4v) is 2.28. The van der Waals surface area contributed by atoms with Gasteiger partial charge in [-0.2, -0.15) is 0 Å². The Morgan fingerprint density at radius 3 is 1.71 bits per heavy atom. The van der Waals surface area contributed by atoms with Crippen LogP contribution in [0.4, 0.5) is 0 Å². The summed E-state index contributed by atoms with van der Waals surface area (Å²) in [4.78, 5) is 0. The summed E-state index contributed by atoms with van der Waals surface area (Å²) in [5, 5.41) is -2.00. The van der Waals surface area contributed by atoms with E-state index in [4.69, 9.17) is 33.7 Å². The Hall–Kier alpha value is 1.30. The van der Waals surface area contributed by atoms with Crippen molar-refractivity contribution in [2.24, 2.45) is 0 Å². The Bertz CT molecular complexity index is 48.6. The van der Waals surface area contributed by atoms with Crippen molar-refractivity contribution in [1.29, 1.82) is 0 Å². The van der Waals surface area contributed by atoms with E-state index in [0.29, 0.717) is 0 Å². The molecular weight excluding hydrogens is 173 g/mol. The van der Waals surface area contributed by atoms with Crippen molar-refractivity contribution >= 4 is 39.0 Å². The molecule has 0 fully saturated rings. The number of halogens is 3. The first kappa shape index (κ1) is 8.30. The number of rotatable bonds is 2. The summed E-state index contributed by atoms with van der Waals surface area (Å²) >= 11 is 16.4. The highest BCUT2D eigenvalue weighted by Gasteiger charge is 2.30. The minimum absolute atomic E-state index is 0.748. The van der Waals surface area contributed by atoms with Crippen LogP contribution in [0, 0.1) is 0 Å². The molecule has 0 unspecified atom stereocenters. The monoisotopic (exact) mass is 179 g/mol. The first-order valence-electron chi connectivity index (χ1n) is 2.03. The molecule has 7 heavy (non-hydrogen) atoms. The smallest absolute Gasteiger partial charge is 0.0618 e. The molecule has 0 atom stereocenters. The maximum absolute atomic E-state index is 5.48. The molecule has 0 saturated carbocycles. The van der Waals surface area contributed by atoms with Gasteiger partial charge in [0.15, 0.2) is 0 Å². The molecule has 0 aliphatic heterocycles. The molecule has 44 valence electrons. The van der Waals surface area contributed by atoms with E-state index in [9.17, 15) is 0 Å². The van der Waals surface area contributed by atoms with Crippen LogP contribution in [0.25, 0.3) is 0 Å². The van der Waals surface area contributed by atoms with Gasteiger partial charge in [0.2, 0.25) is 0 Å². The lowest BCUT2D eigenvalue weighted by molar-refractivity contribution is 1.10. The first-order valence-corrected chi connectivity index (χ1v) is 6.72. The van der Waals surface area contributed by atoms with Crippen molar-refractivity contribution in [2.75, 3.05) is 6.16 Å². The summed E-state index contributed by atoms with van der Waals surface area (Å²) in [5.41, 5.74) is 0. The predicted molar refractivity (Wildman–Crippen MR) is 39.6 cm³/mol. The summed E-state index contributed by atoms with van der Waals surface area (Å²) in [6.07, 6.45) is 1.71. The molecule has 0 rings (SSSR count). The zero-order valence-electron chi connectivity index (χ0n) is 4.00. The van der Waals surface area contributed by atoms with Crippen molar-refractivity contribution in [3.8, 4) is 0 Å². The number of hydrogen-bond acceptors (Lipinski definition) is 0. The summed E-state index contributed by atoms with van der Waals surface area (Å²) in [7, 11) is 0. The maximum Gasteiger partial charge on any atom is 0.307 e. The third kappa shape index (κ3) is 7.30. The zero-order chi connectivity index (χ0) is 5.91. The lowest BCUT2D eigenvalue weighted by Crippen LogP contribution is -1.71. The van der Waals surface area contributed by atoms with Crippen LogP contribution in [0.1, 0.15) is 13.3 Å². The predicted octanol–water partition coefficient (Wildman–Crippen LogP) is 3.88. The normalized spacial score (nSPS) is 12.0. The molecule has 0 aromatic rings. The second-order valence-corrected chi connectivity index (χ2v) is 9.57. The van der Waals surface area contributed by atoms with Crippen LogP contribution < -0.4 is 0 Å². The quantitative estimate of drug-likeness (QED) is 0.566. The molecule has 0 amide bonds. The Kier molecular flexibility index (Phi) is 3.97. The van der Waals surface area contributed by atoms with Crippen LogP contribution in [0.3, 0.4) is 0 Å². The topological polar surface area (TPSA) is 0 Å². The summed E-state index contributed by atoms with van der Waals surface area (Å²) in [5.74, 6) is 0. The van der Waals surface area contributed by atoms with E-state index >= 15 is 0 Å². The van der Waals surface area contributed by atoms with Crippen LogP contribution in [0.5, 0.6) is 0 Å². The highest BCUT2D eigenvalue weighted by Crippen LogP contribution is 2.73. The molecule has 4 heteroatoms. The van der Waals surface area contributed by atoms with Gasteiger partial charge in [0, 0.05) is 0 Å². The minimum atomic E-state index is -2.00. The standard InChI is InChI=1S/C3H7Cl3P/c1-2-3-7(4,5)6/h2-3H2,1H3/q+1. The van der Waals surface area contributed by atoms with Gasteiger partial charge < -0.3 is 0 Å². The van der Waals surface area contributed by atoms with E-state index in [0.717, 1.165) is 12.6 Å². The second-order valence-electron chi connectivity index (χ2n) is 1.27. The molecule has 0 aliphatic rings. The molecule has 0 spiro atoms. The summed E-state index contributed by atoms with van der Waals surface area (Å²) in [6, 6.07) is 0. The molecule has 0 aliphatic carbocycles. The van der Waals surface area contributed by atoms with Crippen LogP contribution in [-0.2, 0) is 0 Å². The Morgan fingerprint density at radius 2 is 1.71 bits per heavy atom. The highest BCUT2D eigenvalue weighted by atomic mass is 36.1. The molecule has 0 N–H and O–H groups in total. The van der Waals surface area contributed by atoms with Crippen LogP contribution in [-0.4, -0.2) is 6.16 Å². The average Bonchev–Trinajstić information content (AvgIpc) is 1.30. The van der Waals surface area contributed by atoms with Gasteiger partial charge in [0.25, 0.3) is 0 Å². The molecule has 0 aromatic carbocycles. The fraction of sp³-hybridized carbons (Fsp3) is 1.00. The summed E-state index contributed by atoms with van der Waals surface area (Å²) < 4.78 is 0. The van der Waals surface area contributed by atoms with Crippen LogP contribution in [0.15, 0.2) is 0 Å². The molecule has 0 aromatic heterocycles. The third-order valence-corrected chi connectivity index (χ3v) is 2.95. The van der Waals surface area contributed by atoms with E-state index in [1.165, 1.54) is 0 Å². The van der Waals surface area contributed by atoms with Gasteiger partial charge in [-0.15, -0.1) is 0 Å². The Balaban J connectivity index is 3.15. The molecule has 0 heterocycles. The van der Waals surface area contributed by atoms with Gasteiger partial charge in [-0.25, -0.2) is 0 Å². The molecule has 0 nitrogen and oxygen atoms in total. The van der Waals surface area contributed by atoms with Gasteiger partial charge in [0.05, 0.1) is 0 Å². The lowest BCUT2D eigenvalue weighted by Gasteiger charge is -1.92. The Labute approximate surface area is 58.8 Å². The van der Waals surface area contributed by atoms with Crippen molar-refractivity contribution in [3.63, 3.8) is 0 Å². The molecule has 0 saturated heterocycles. The van der Waals surface area contributed by atoms with E-state index < -0.39 is 5.32 Å². The van der Waals surface area contributed by atoms with E-state index in [1.807, 2.05) is 6.92 Å².